The van der Waals surface area contributed by atoms with Gasteiger partial charge in [-0.05, 0) is 63.0 Å². The highest BCUT2D eigenvalue weighted by molar-refractivity contribution is 9.11. The maximum Gasteiger partial charge on any atom is 0.323 e. The average Bonchev–Trinajstić information content (AvgIpc) is 2.34. The predicted molar refractivity (Wildman–Crippen MR) is 77.0 cm³/mol. The van der Waals surface area contributed by atoms with Gasteiger partial charge < -0.3 is 14.8 Å². The van der Waals surface area contributed by atoms with Crippen LogP contribution in [0.3, 0.4) is 0 Å². The van der Waals surface area contributed by atoms with Crippen molar-refractivity contribution in [2.24, 2.45) is 0 Å². The van der Waals surface area contributed by atoms with Gasteiger partial charge in [-0.1, -0.05) is 0 Å². The van der Waals surface area contributed by atoms with Crippen LogP contribution >= 0.6 is 31.9 Å². The lowest BCUT2D eigenvalue weighted by Crippen LogP contribution is -2.36. The number of carbonyl (C=O) groups is 1. The monoisotopic (exact) mass is 379 g/mol. The van der Waals surface area contributed by atoms with Crippen molar-refractivity contribution in [3.05, 3.63) is 26.6 Å². The van der Waals surface area contributed by atoms with Gasteiger partial charge >= 0.3 is 5.97 Å². The van der Waals surface area contributed by atoms with Crippen LogP contribution in [0, 0.1) is 0 Å². The molecular formula is C12H15Br2NO3. The summed E-state index contributed by atoms with van der Waals surface area (Å²) in [6.07, 6.45) is 0.546. The third-order valence-corrected chi connectivity index (χ3v) is 3.71. The van der Waals surface area contributed by atoms with Crippen molar-refractivity contribution in [2.45, 2.75) is 12.5 Å². The zero-order valence-corrected chi connectivity index (χ0v) is 13.6. The van der Waals surface area contributed by atoms with E-state index in [-0.39, 0.29) is 12.0 Å². The molecule has 1 N–H and O–H groups in total. The third-order valence-electron chi connectivity index (χ3n) is 2.54. The summed E-state index contributed by atoms with van der Waals surface area (Å²) < 4.78 is 11.6. The summed E-state index contributed by atoms with van der Waals surface area (Å²) in [7, 11) is 4.72. The second-order valence-corrected chi connectivity index (χ2v) is 5.37. The highest BCUT2D eigenvalue weighted by Gasteiger charge is 2.18. The molecule has 0 amide bonds. The molecule has 0 saturated heterocycles. The molecule has 0 saturated carbocycles. The molecule has 0 radical (unpaired) electrons. The van der Waals surface area contributed by atoms with E-state index >= 15 is 0 Å². The summed E-state index contributed by atoms with van der Waals surface area (Å²) in [6.45, 7) is 0. The molecule has 0 aliphatic rings. The fraction of sp³-hybridized carbons (Fsp3) is 0.417. The minimum Gasteiger partial charge on any atom is -0.494 e. The molecule has 100 valence electrons. The van der Waals surface area contributed by atoms with Gasteiger partial charge in [0.15, 0.2) is 0 Å². The molecule has 6 heteroatoms. The van der Waals surface area contributed by atoms with Crippen LogP contribution in [0.5, 0.6) is 5.75 Å². The Hall–Kier alpha value is -0.590. The van der Waals surface area contributed by atoms with Gasteiger partial charge in [0, 0.05) is 0 Å². The zero-order chi connectivity index (χ0) is 13.7. The van der Waals surface area contributed by atoms with Crippen LogP contribution in [0.15, 0.2) is 21.1 Å². The van der Waals surface area contributed by atoms with Crippen molar-refractivity contribution < 1.29 is 14.3 Å². The summed E-state index contributed by atoms with van der Waals surface area (Å²) in [5, 5.41) is 2.93. The van der Waals surface area contributed by atoms with Gasteiger partial charge in [-0.15, -0.1) is 0 Å². The number of carbonyl (C=O) groups excluding carboxylic acids is 1. The quantitative estimate of drug-likeness (QED) is 0.797. The Morgan fingerprint density at radius 1 is 1.33 bits per heavy atom. The minimum atomic E-state index is -0.359. The van der Waals surface area contributed by atoms with E-state index in [2.05, 4.69) is 37.2 Å². The van der Waals surface area contributed by atoms with Crippen LogP contribution in [0.4, 0.5) is 0 Å². The van der Waals surface area contributed by atoms with Gasteiger partial charge in [-0.2, -0.15) is 0 Å². The minimum absolute atomic E-state index is 0.277. The lowest BCUT2D eigenvalue weighted by molar-refractivity contribution is -0.142. The Kier molecular flexibility index (Phi) is 6.11. The number of likely N-dealkylation sites (N-methyl/N-ethyl adjacent to an activating group) is 1. The van der Waals surface area contributed by atoms with E-state index in [4.69, 9.17) is 9.47 Å². The van der Waals surface area contributed by atoms with Crippen molar-refractivity contribution in [3.63, 3.8) is 0 Å². The summed E-state index contributed by atoms with van der Waals surface area (Å²) in [5.74, 6) is 0.457. The summed E-state index contributed by atoms with van der Waals surface area (Å²) >= 11 is 6.86. The third kappa shape index (κ3) is 3.70. The number of methoxy groups -OCH3 is 2. The van der Waals surface area contributed by atoms with Crippen molar-refractivity contribution in [1.29, 1.82) is 0 Å². The summed E-state index contributed by atoms with van der Waals surface area (Å²) in [4.78, 5) is 11.5. The van der Waals surface area contributed by atoms with Crippen LogP contribution in [0.25, 0.3) is 0 Å². The van der Waals surface area contributed by atoms with E-state index in [1.165, 1.54) is 7.11 Å². The second kappa shape index (κ2) is 7.11. The van der Waals surface area contributed by atoms with Crippen molar-refractivity contribution in [3.8, 4) is 5.75 Å². The molecule has 1 atom stereocenters. The molecule has 0 aliphatic carbocycles. The van der Waals surface area contributed by atoms with Gasteiger partial charge in [0.25, 0.3) is 0 Å². The first-order valence-corrected chi connectivity index (χ1v) is 6.89. The first-order chi connectivity index (χ1) is 8.53. The van der Waals surface area contributed by atoms with Gasteiger partial charge in [-0.25, -0.2) is 0 Å². The summed E-state index contributed by atoms with van der Waals surface area (Å²) in [6, 6.07) is 3.50. The normalized spacial score (nSPS) is 12.1. The van der Waals surface area contributed by atoms with E-state index in [0.717, 1.165) is 20.3 Å². The zero-order valence-electron chi connectivity index (χ0n) is 10.4. The van der Waals surface area contributed by atoms with E-state index in [1.807, 2.05) is 12.1 Å². The highest BCUT2D eigenvalue weighted by atomic mass is 79.9. The average molecular weight is 381 g/mol. The Morgan fingerprint density at radius 2 is 1.89 bits per heavy atom. The standard InChI is InChI=1S/C12H15Br2NO3/c1-15-10(12(16)18-3)6-7-4-8(13)11(17-2)9(14)5-7/h4-5,10,15H,6H2,1-3H3/t10-/m0/s1. The Labute approximate surface area is 123 Å². The maximum absolute atomic E-state index is 11.5. The molecule has 0 aromatic heterocycles. The summed E-state index contributed by atoms with van der Waals surface area (Å²) in [5.41, 5.74) is 0.999. The van der Waals surface area contributed by atoms with E-state index in [1.54, 1.807) is 14.2 Å². The van der Waals surface area contributed by atoms with E-state index in [9.17, 15) is 4.79 Å². The number of ether oxygens (including phenoxy) is 2. The number of halogens is 2. The van der Waals surface area contributed by atoms with Crippen molar-refractivity contribution in [2.75, 3.05) is 21.3 Å². The number of rotatable bonds is 5. The van der Waals surface area contributed by atoms with Crippen molar-refractivity contribution in [1.82, 2.24) is 5.32 Å². The Morgan fingerprint density at radius 3 is 2.28 bits per heavy atom. The Bertz CT molecular complexity index is 414. The SMILES string of the molecule is CN[C@@H](Cc1cc(Br)c(OC)c(Br)c1)C(=O)OC. The van der Waals surface area contributed by atoms with Gasteiger partial charge in [0.1, 0.15) is 11.8 Å². The molecule has 1 aromatic rings. The molecule has 0 fully saturated rings. The number of hydrogen-bond acceptors (Lipinski definition) is 4. The molecule has 1 aromatic carbocycles. The first-order valence-electron chi connectivity index (χ1n) is 5.30. The van der Waals surface area contributed by atoms with Crippen LogP contribution < -0.4 is 10.1 Å². The van der Waals surface area contributed by atoms with E-state index < -0.39 is 0 Å². The molecule has 18 heavy (non-hydrogen) atoms. The highest BCUT2D eigenvalue weighted by Crippen LogP contribution is 2.34. The molecule has 0 heterocycles. The molecule has 4 nitrogen and oxygen atoms in total. The van der Waals surface area contributed by atoms with Crippen LogP contribution in [-0.2, 0) is 16.0 Å². The number of esters is 1. The predicted octanol–water partition coefficient (Wildman–Crippen LogP) is 2.52. The smallest absolute Gasteiger partial charge is 0.323 e. The second-order valence-electron chi connectivity index (χ2n) is 3.66. The van der Waals surface area contributed by atoms with Crippen molar-refractivity contribution >= 4 is 37.8 Å². The fourth-order valence-corrected chi connectivity index (χ4v) is 3.21. The van der Waals surface area contributed by atoms with Crippen LogP contribution in [-0.4, -0.2) is 33.3 Å². The molecule has 0 bridgehead atoms. The molecular weight excluding hydrogens is 366 g/mol. The lowest BCUT2D eigenvalue weighted by atomic mass is 10.1. The fourth-order valence-electron chi connectivity index (χ4n) is 1.61. The maximum atomic E-state index is 11.5. The van der Waals surface area contributed by atoms with Gasteiger partial charge in [-0.3, -0.25) is 4.79 Å². The van der Waals surface area contributed by atoms with Crippen LogP contribution in [0.2, 0.25) is 0 Å². The Balaban J connectivity index is 2.94. The largest absolute Gasteiger partial charge is 0.494 e. The number of hydrogen-bond donors (Lipinski definition) is 1. The van der Waals surface area contributed by atoms with Crippen LogP contribution in [0.1, 0.15) is 5.56 Å². The first kappa shape index (κ1) is 15.5. The lowest BCUT2D eigenvalue weighted by Gasteiger charge is -2.15. The topological polar surface area (TPSA) is 47.6 Å². The molecule has 0 unspecified atom stereocenters. The molecule has 1 rings (SSSR count). The van der Waals surface area contributed by atoms with Gasteiger partial charge in [0.05, 0.1) is 23.2 Å². The molecule has 0 spiro atoms. The molecule has 0 aliphatic heterocycles. The van der Waals surface area contributed by atoms with Gasteiger partial charge in [0.2, 0.25) is 0 Å². The number of benzene rings is 1. The van der Waals surface area contributed by atoms with E-state index in [0.29, 0.717) is 6.42 Å². The number of nitrogens with one attached hydrogen (secondary N) is 1.